The molecule has 0 saturated carbocycles. The van der Waals surface area contributed by atoms with Crippen molar-refractivity contribution in [2.45, 2.75) is 51.6 Å². The predicted octanol–water partition coefficient (Wildman–Crippen LogP) is 5.74. The number of carbonyl (C=O) groups is 1. The molecule has 0 spiro atoms. The Kier molecular flexibility index (Phi) is 10.6. The third-order valence-corrected chi connectivity index (χ3v) is 9.39. The van der Waals surface area contributed by atoms with Gasteiger partial charge in [-0.3, -0.25) is 9.08 Å². The standard InChI is InChI=1S/C32H39F3N2O6S/c1-6-42-31(38)29-23(5)37(15-14-36-16-18-41-19-17-36)22(4)28(30(29)24-10-8-9-11-26(24)32(33,34)35)25-20-21(3)12-13-27(25)44(39,40)43-7-2/h8-13,20,30H,6-7,14-19H2,1-5H3. The molecule has 8 nitrogen and oxygen atoms in total. The lowest BCUT2D eigenvalue weighted by atomic mass is 9.75. The van der Waals surface area contributed by atoms with Crippen molar-refractivity contribution in [1.82, 2.24) is 9.80 Å². The summed E-state index contributed by atoms with van der Waals surface area (Å²) < 4.78 is 86.6. The number of hydrogen-bond acceptors (Lipinski definition) is 8. The zero-order valence-corrected chi connectivity index (χ0v) is 26.5. The number of carbonyl (C=O) groups excluding carboxylic acids is 1. The SMILES string of the molecule is CCOC(=O)C1=C(C)N(CCN2CCOCC2)C(C)=C(c2cc(C)ccc2S(=O)(=O)OCC)C1c1ccccc1C(F)(F)F. The van der Waals surface area contributed by atoms with Gasteiger partial charge in [0.05, 0.1) is 37.6 Å². The number of benzene rings is 2. The van der Waals surface area contributed by atoms with Gasteiger partial charge in [0, 0.05) is 49.1 Å². The highest BCUT2D eigenvalue weighted by Crippen LogP contribution is 2.51. The molecule has 1 fully saturated rings. The number of esters is 1. The fourth-order valence-corrected chi connectivity index (χ4v) is 7.05. The van der Waals surface area contributed by atoms with Crippen molar-refractivity contribution in [3.8, 4) is 0 Å². The summed E-state index contributed by atoms with van der Waals surface area (Å²) in [5.74, 6) is -2.06. The fourth-order valence-electron chi connectivity index (χ4n) is 5.94. The maximum absolute atomic E-state index is 14.5. The van der Waals surface area contributed by atoms with Crippen LogP contribution in [-0.4, -0.2) is 76.8 Å². The molecule has 0 amide bonds. The summed E-state index contributed by atoms with van der Waals surface area (Å²) in [5.41, 5.74) is 1.02. The molecule has 2 aliphatic rings. The van der Waals surface area contributed by atoms with Gasteiger partial charge >= 0.3 is 12.1 Å². The van der Waals surface area contributed by atoms with Crippen LogP contribution in [-0.2, 0) is 34.7 Å². The molecule has 12 heteroatoms. The first-order valence-corrected chi connectivity index (χ1v) is 16.1. The van der Waals surface area contributed by atoms with E-state index in [1.807, 2.05) is 4.90 Å². The second-order valence-electron chi connectivity index (χ2n) is 10.7. The minimum Gasteiger partial charge on any atom is -0.463 e. The molecular weight excluding hydrogens is 597 g/mol. The highest BCUT2D eigenvalue weighted by Gasteiger charge is 2.44. The highest BCUT2D eigenvalue weighted by atomic mass is 32.2. The van der Waals surface area contributed by atoms with Gasteiger partial charge in [0.15, 0.2) is 0 Å². The average molecular weight is 637 g/mol. The van der Waals surface area contributed by atoms with Gasteiger partial charge in [-0.05, 0) is 57.9 Å². The van der Waals surface area contributed by atoms with Crippen LogP contribution in [0.25, 0.3) is 5.57 Å². The van der Waals surface area contributed by atoms with Gasteiger partial charge < -0.3 is 14.4 Å². The number of hydrogen-bond donors (Lipinski definition) is 0. The van der Waals surface area contributed by atoms with E-state index in [1.165, 1.54) is 31.2 Å². The summed E-state index contributed by atoms with van der Waals surface area (Å²) in [7, 11) is -4.31. The zero-order valence-electron chi connectivity index (χ0n) is 25.7. The minimum atomic E-state index is -4.75. The highest BCUT2D eigenvalue weighted by molar-refractivity contribution is 7.86. The van der Waals surface area contributed by atoms with Crippen LogP contribution in [0.3, 0.4) is 0 Å². The number of allylic oxidation sites excluding steroid dienone is 3. The molecule has 1 saturated heterocycles. The first-order chi connectivity index (χ1) is 20.8. The summed E-state index contributed by atoms with van der Waals surface area (Å²) >= 11 is 0. The topological polar surface area (TPSA) is 85.4 Å². The lowest BCUT2D eigenvalue weighted by molar-refractivity contribution is -0.140. The summed E-state index contributed by atoms with van der Waals surface area (Å²) in [6, 6.07) is 9.71. The smallest absolute Gasteiger partial charge is 0.416 e. The van der Waals surface area contributed by atoms with Gasteiger partial charge in [-0.25, -0.2) is 4.79 Å². The van der Waals surface area contributed by atoms with E-state index in [1.54, 1.807) is 39.8 Å². The fraction of sp³-hybridized carbons (Fsp3) is 0.469. The van der Waals surface area contributed by atoms with Crippen LogP contribution < -0.4 is 0 Å². The number of aryl methyl sites for hydroxylation is 1. The number of rotatable bonds is 10. The van der Waals surface area contributed by atoms with E-state index < -0.39 is 33.7 Å². The molecule has 1 unspecified atom stereocenters. The van der Waals surface area contributed by atoms with Crippen LogP contribution in [0.15, 0.2) is 64.3 Å². The van der Waals surface area contributed by atoms with E-state index in [-0.39, 0.29) is 40.4 Å². The molecule has 1 atom stereocenters. The van der Waals surface area contributed by atoms with Gasteiger partial charge in [-0.1, -0.05) is 35.9 Å². The summed E-state index contributed by atoms with van der Waals surface area (Å²) in [6.07, 6.45) is -4.75. The Morgan fingerprint density at radius 1 is 0.977 bits per heavy atom. The van der Waals surface area contributed by atoms with Crippen molar-refractivity contribution in [1.29, 1.82) is 0 Å². The van der Waals surface area contributed by atoms with E-state index in [0.717, 1.165) is 6.07 Å². The molecule has 4 rings (SSSR count). The summed E-state index contributed by atoms with van der Waals surface area (Å²) in [4.78, 5) is 17.7. The third kappa shape index (κ3) is 7.03. The first-order valence-electron chi connectivity index (χ1n) is 14.6. The molecule has 0 bridgehead atoms. The first kappa shape index (κ1) is 33.7. The van der Waals surface area contributed by atoms with Crippen LogP contribution in [0.4, 0.5) is 13.2 Å². The van der Waals surface area contributed by atoms with Crippen LogP contribution in [0.5, 0.6) is 0 Å². The van der Waals surface area contributed by atoms with Crippen LogP contribution in [0.1, 0.15) is 55.9 Å². The molecule has 0 aromatic heterocycles. The quantitative estimate of drug-likeness (QED) is 0.241. The number of ether oxygens (including phenoxy) is 2. The van der Waals surface area contributed by atoms with E-state index in [4.69, 9.17) is 13.7 Å². The van der Waals surface area contributed by atoms with Crippen LogP contribution in [0.2, 0.25) is 0 Å². The molecular formula is C32H39F3N2O6S. The van der Waals surface area contributed by atoms with Crippen molar-refractivity contribution in [2.24, 2.45) is 0 Å². The molecule has 0 aliphatic carbocycles. The third-order valence-electron chi connectivity index (χ3n) is 7.95. The lowest BCUT2D eigenvalue weighted by Gasteiger charge is -2.41. The van der Waals surface area contributed by atoms with E-state index >= 15 is 0 Å². The Morgan fingerprint density at radius 2 is 1.66 bits per heavy atom. The molecule has 2 aliphatic heterocycles. The second kappa shape index (κ2) is 13.8. The molecule has 240 valence electrons. The molecule has 44 heavy (non-hydrogen) atoms. The van der Waals surface area contributed by atoms with Crippen molar-refractivity contribution >= 4 is 21.7 Å². The predicted molar refractivity (Wildman–Crippen MR) is 160 cm³/mol. The van der Waals surface area contributed by atoms with Crippen molar-refractivity contribution in [3.63, 3.8) is 0 Å². The Balaban J connectivity index is 2.06. The largest absolute Gasteiger partial charge is 0.463 e. The lowest BCUT2D eigenvalue weighted by Crippen LogP contribution is -2.42. The molecule has 2 aromatic carbocycles. The Labute approximate surface area is 257 Å². The second-order valence-corrected chi connectivity index (χ2v) is 12.3. The van der Waals surface area contributed by atoms with Gasteiger partial charge in [0.25, 0.3) is 10.1 Å². The zero-order chi connectivity index (χ0) is 32.2. The average Bonchev–Trinajstić information content (AvgIpc) is 2.96. The number of morpholine rings is 1. The van der Waals surface area contributed by atoms with Crippen molar-refractivity contribution < 1.29 is 40.0 Å². The molecule has 0 N–H and O–H groups in total. The van der Waals surface area contributed by atoms with Gasteiger partial charge in [0.1, 0.15) is 4.90 Å². The Morgan fingerprint density at radius 3 is 2.30 bits per heavy atom. The Hall–Kier alpha value is -3.19. The molecule has 0 radical (unpaired) electrons. The van der Waals surface area contributed by atoms with Crippen LogP contribution in [0, 0.1) is 6.92 Å². The number of alkyl halides is 3. The maximum atomic E-state index is 14.5. The summed E-state index contributed by atoms with van der Waals surface area (Å²) in [5, 5.41) is 0. The monoisotopic (exact) mass is 636 g/mol. The Bertz CT molecular complexity index is 1550. The van der Waals surface area contributed by atoms with Gasteiger partial charge in [-0.15, -0.1) is 0 Å². The van der Waals surface area contributed by atoms with Crippen LogP contribution >= 0.6 is 0 Å². The molecule has 2 aromatic rings. The number of nitrogens with zero attached hydrogens (tertiary/aromatic N) is 2. The van der Waals surface area contributed by atoms with Crippen molar-refractivity contribution in [2.75, 3.05) is 52.6 Å². The summed E-state index contributed by atoms with van der Waals surface area (Å²) in [6.45, 7) is 11.8. The molecule has 2 heterocycles. The van der Waals surface area contributed by atoms with Gasteiger partial charge in [0.2, 0.25) is 0 Å². The normalized spacial score (nSPS) is 18.6. The minimum absolute atomic E-state index is 0.00345. The van der Waals surface area contributed by atoms with E-state index in [9.17, 15) is 26.4 Å². The van der Waals surface area contributed by atoms with Gasteiger partial charge in [-0.2, -0.15) is 21.6 Å². The van der Waals surface area contributed by atoms with Crippen molar-refractivity contribution in [3.05, 3.63) is 81.7 Å². The maximum Gasteiger partial charge on any atom is 0.416 e. The van der Waals surface area contributed by atoms with E-state index in [0.29, 0.717) is 56.4 Å². The van der Waals surface area contributed by atoms with E-state index in [2.05, 4.69) is 4.90 Å². The number of halogens is 3.